The van der Waals surface area contributed by atoms with Gasteiger partial charge in [-0.05, 0) is 118 Å². The van der Waals surface area contributed by atoms with Crippen molar-refractivity contribution in [2.75, 3.05) is 0 Å². The molecule has 0 amide bonds. The molecule has 4 nitrogen and oxygen atoms in total. The predicted molar refractivity (Wildman–Crippen MR) is 219 cm³/mol. The summed E-state index contributed by atoms with van der Waals surface area (Å²) in [5.41, 5.74) is 9.60. The fraction of sp³-hybridized carbons (Fsp3) is 0.102. The molecule has 0 aliphatic rings. The average molecular weight is 735 g/mol. The van der Waals surface area contributed by atoms with Gasteiger partial charge in [0, 0.05) is 32.7 Å². The molecule has 0 unspecified atom stereocenters. The van der Waals surface area contributed by atoms with Gasteiger partial charge in [0.15, 0.2) is 0 Å². The van der Waals surface area contributed by atoms with Gasteiger partial charge >= 0.3 is 6.18 Å². The highest BCUT2D eigenvalue weighted by Crippen LogP contribution is 2.48. The van der Waals surface area contributed by atoms with Crippen LogP contribution >= 0.6 is 0 Å². The summed E-state index contributed by atoms with van der Waals surface area (Å²) < 4.78 is 49.7. The van der Waals surface area contributed by atoms with Crippen molar-refractivity contribution >= 4 is 43.6 Å². The van der Waals surface area contributed by atoms with Crippen LogP contribution in [0.15, 0.2) is 127 Å². The maximum absolute atomic E-state index is 15.1. The summed E-state index contributed by atoms with van der Waals surface area (Å²) in [6.07, 6.45) is -4.78. The van der Waals surface area contributed by atoms with Crippen LogP contribution in [0.1, 0.15) is 38.9 Å². The first-order valence-electron chi connectivity index (χ1n) is 18.3. The van der Waals surface area contributed by atoms with Gasteiger partial charge in [-0.2, -0.15) is 23.7 Å². The van der Waals surface area contributed by atoms with Crippen LogP contribution in [0.3, 0.4) is 0 Å². The number of hydrogen-bond acceptors (Lipinski definition) is 2. The van der Waals surface area contributed by atoms with Crippen LogP contribution in [0.2, 0.25) is 0 Å². The molecule has 0 radical (unpaired) electrons. The Hall–Kier alpha value is -7.09. The molecule has 0 fully saturated rings. The van der Waals surface area contributed by atoms with Crippen molar-refractivity contribution in [3.63, 3.8) is 0 Å². The molecule has 0 bridgehead atoms. The fourth-order valence-electron chi connectivity index (χ4n) is 8.40. The molecule has 0 spiro atoms. The number of hydrogen-bond donors (Lipinski definition) is 0. The smallest absolute Gasteiger partial charge is 0.309 e. The standard InChI is InChI=1S/C49H33F3N4/c1-28-11-17-41-36(21-28)37-22-29(2)12-18-42(37)55(41)45-9-5-7-33(27-54)47(45)48-35(34-16-15-32(26-53)25-40(34)49(50,51)52)8-6-10-46(48)56-43-19-13-30(3)23-38(43)39-24-31(4)14-20-44(39)56/h5-25H,1-4H3. The summed E-state index contributed by atoms with van der Waals surface area (Å²) in [7, 11) is 0. The minimum Gasteiger partial charge on any atom is -0.309 e. The number of benzene rings is 7. The molecule has 9 rings (SSSR count). The van der Waals surface area contributed by atoms with Crippen molar-refractivity contribution in [1.82, 2.24) is 9.13 Å². The van der Waals surface area contributed by atoms with Gasteiger partial charge in [-0.1, -0.05) is 70.8 Å². The van der Waals surface area contributed by atoms with E-state index in [4.69, 9.17) is 0 Å². The van der Waals surface area contributed by atoms with E-state index in [1.807, 2.05) is 88.4 Å². The van der Waals surface area contributed by atoms with Crippen molar-refractivity contribution in [1.29, 1.82) is 10.5 Å². The summed E-state index contributed by atoms with van der Waals surface area (Å²) in [5, 5.41) is 24.7. The number of halogens is 3. The summed E-state index contributed by atoms with van der Waals surface area (Å²) in [6.45, 7) is 8.18. The highest BCUT2D eigenvalue weighted by atomic mass is 19.4. The van der Waals surface area contributed by atoms with Crippen LogP contribution < -0.4 is 0 Å². The topological polar surface area (TPSA) is 57.4 Å². The fourth-order valence-corrected chi connectivity index (χ4v) is 8.40. The van der Waals surface area contributed by atoms with E-state index in [0.29, 0.717) is 28.1 Å². The lowest BCUT2D eigenvalue weighted by Crippen LogP contribution is -2.09. The zero-order chi connectivity index (χ0) is 39.0. The molecule has 7 heteroatoms. The Morgan fingerprint density at radius 2 is 0.911 bits per heavy atom. The van der Waals surface area contributed by atoms with Crippen molar-refractivity contribution in [2.45, 2.75) is 33.9 Å². The normalized spacial score (nSPS) is 11.8. The Kier molecular flexibility index (Phi) is 7.90. The van der Waals surface area contributed by atoms with E-state index in [1.165, 1.54) is 12.1 Å². The van der Waals surface area contributed by atoms with Gasteiger partial charge < -0.3 is 9.13 Å². The minimum absolute atomic E-state index is 0.0898. The van der Waals surface area contributed by atoms with E-state index in [2.05, 4.69) is 51.6 Å². The Balaban J connectivity index is 1.51. The maximum Gasteiger partial charge on any atom is 0.417 e. The molecule has 270 valence electrons. The van der Waals surface area contributed by atoms with Gasteiger partial charge in [0.25, 0.3) is 0 Å². The summed E-state index contributed by atoms with van der Waals surface area (Å²) in [4.78, 5) is 0. The second kappa shape index (κ2) is 12.8. The van der Waals surface area contributed by atoms with Crippen LogP contribution in [0.5, 0.6) is 0 Å². The molecule has 0 aliphatic carbocycles. The number of fused-ring (bicyclic) bond motifs is 6. The molecular weight excluding hydrogens is 702 g/mol. The van der Waals surface area contributed by atoms with Gasteiger partial charge in [0.05, 0.1) is 62.3 Å². The zero-order valence-electron chi connectivity index (χ0n) is 31.0. The molecule has 0 atom stereocenters. The van der Waals surface area contributed by atoms with E-state index < -0.39 is 11.7 Å². The van der Waals surface area contributed by atoms with Gasteiger partial charge in [0.2, 0.25) is 0 Å². The molecule has 2 heterocycles. The molecule has 0 saturated heterocycles. The quantitative estimate of drug-likeness (QED) is 0.181. The molecule has 0 aliphatic heterocycles. The van der Waals surface area contributed by atoms with Crippen LogP contribution in [-0.2, 0) is 6.18 Å². The van der Waals surface area contributed by atoms with E-state index >= 15 is 13.2 Å². The lowest BCUT2D eigenvalue weighted by atomic mass is 9.86. The molecule has 2 aromatic heterocycles. The molecule has 0 N–H and O–H groups in total. The predicted octanol–water partition coefficient (Wildman–Crippen LogP) is 13.2. The van der Waals surface area contributed by atoms with Gasteiger partial charge in [-0.3, -0.25) is 0 Å². The van der Waals surface area contributed by atoms with Crippen molar-refractivity contribution in [3.8, 4) is 45.8 Å². The van der Waals surface area contributed by atoms with Crippen LogP contribution in [0, 0.1) is 50.4 Å². The first kappa shape index (κ1) is 34.7. The first-order chi connectivity index (χ1) is 27.0. The molecule has 9 aromatic rings. The third-order valence-corrected chi connectivity index (χ3v) is 10.8. The Morgan fingerprint density at radius 3 is 1.34 bits per heavy atom. The summed E-state index contributed by atoms with van der Waals surface area (Å²) in [5.74, 6) is 0. The number of nitriles is 2. The lowest BCUT2D eigenvalue weighted by Gasteiger charge is -2.24. The van der Waals surface area contributed by atoms with Crippen molar-refractivity contribution in [3.05, 3.63) is 166 Å². The second-order valence-corrected chi connectivity index (χ2v) is 14.6. The van der Waals surface area contributed by atoms with Crippen LogP contribution in [0.25, 0.3) is 77.2 Å². The van der Waals surface area contributed by atoms with Gasteiger partial charge in [-0.15, -0.1) is 0 Å². The van der Waals surface area contributed by atoms with E-state index in [1.54, 1.807) is 18.2 Å². The Labute approximate surface area is 321 Å². The SMILES string of the molecule is Cc1ccc2c(c1)c1cc(C)ccc1n2-c1cccc(C#N)c1-c1c(-c2ccc(C#N)cc2C(F)(F)F)cccc1-n1c2ccc(C)cc2c2cc(C)ccc21. The number of nitrogens with zero attached hydrogens (tertiary/aromatic N) is 4. The average Bonchev–Trinajstić information content (AvgIpc) is 3.67. The first-order valence-corrected chi connectivity index (χ1v) is 18.3. The van der Waals surface area contributed by atoms with Crippen molar-refractivity contribution < 1.29 is 13.2 Å². The van der Waals surface area contributed by atoms with Gasteiger partial charge in [-0.25, -0.2) is 0 Å². The molecular formula is C49H33F3N4. The lowest BCUT2D eigenvalue weighted by molar-refractivity contribution is -0.137. The highest BCUT2D eigenvalue weighted by molar-refractivity contribution is 6.13. The van der Waals surface area contributed by atoms with Crippen LogP contribution in [-0.4, -0.2) is 9.13 Å². The maximum atomic E-state index is 15.1. The summed E-state index contributed by atoms with van der Waals surface area (Å²) in [6, 6.07) is 43.9. The van der Waals surface area contributed by atoms with E-state index in [-0.39, 0.29) is 16.7 Å². The second-order valence-electron chi connectivity index (χ2n) is 14.6. The number of aromatic nitrogens is 2. The number of aryl methyl sites for hydroxylation is 4. The highest BCUT2D eigenvalue weighted by Gasteiger charge is 2.36. The van der Waals surface area contributed by atoms with E-state index in [9.17, 15) is 10.5 Å². The molecule has 7 aromatic carbocycles. The number of rotatable bonds is 4. The largest absolute Gasteiger partial charge is 0.417 e. The Bertz CT molecular complexity index is 3080. The van der Waals surface area contributed by atoms with Crippen molar-refractivity contribution in [2.24, 2.45) is 0 Å². The van der Waals surface area contributed by atoms with E-state index in [0.717, 1.165) is 71.9 Å². The molecule has 56 heavy (non-hydrogen) atoms. The monoisotopic (exact) mass is 734 g/mol. The third-order valence-electron chi connectivity index (χ3n) is 10.8. The van der Waals surface area contributed by atoms with Crippen LogP contribution in [0.4, 0.5) is 13.2 Å². The third kappa shape index (κ3) is 5.35. The minimum atomic E-state index is -4.78. The zero-order valence-corrected chi connectivity index (χ0v) is 31.0. The molecule has 0 saturated carbocycles. The Morgan fingerprint density at radius 1 is 0.464 bits per heavy atom. The summed E-state index contributed by atoms with van der Waals surface area (Å²) >= 11 is 0. The number of alkyl halides is 3. The van der Waals surface area contributed by atoms with Gasteiger partial charge in [0.1, 0.15) is 0 Å².